The van der Waals surface area contributed by atoms with Gasteiger partial charge in [0.1, 0.15) is 12.4 Å². The third-order valence-electron chi connectivity index (χ3n) is 3.78. The van der Waals surface area contributed by atoms with Crippen LogP contribution in [0.5, 0.6) is 5.75 Å². The van der Waals surface area contributed by atoms with Crippen LogP contribution in [0.3, 0.4) is 0 Å². The lowest BCUT2D eigenvalue weighted by molar-refractivity contribution is 0.152. The summed E-state index contributed by atoms with van der Waals surface area (Å²) in [5.41, 5.74) is 2.58. The summed E-state index contributed by atoms with van der Waals surface area (Å²) in [7, 11) is 1.69. The Labute approximate surface area is 101 Å². The standard InChI is InChI=1S/C14H17NO2/c1-16-12-7-5-10(6-8-12)13-4-2-3-11-9-17-15-14(11)13/h5-8,11,13H,2-4,9H2,1H3/t11-,13-/m0/s1. The molecule has 0 bridgehead atoms. The van der Waals surface area contributed by atoms with Gasteiger partial charge in [-0.1, -0.05) is 23.7 Å². The second-order valence-corrected chi connectivity index (χ2v) is 4.77. The third-order valence-corrected chi connectivity index (χ3v) is 3.78. The molecule has 1 saturated carbocycles. The summed E-state index contributed by atoms with van der Waals surface area (Å²) in [6.07, 6.45) is 3.68. The van der Waals surface area contributed by atoms with Gasteiger partial charge in [0.15, 0.2) is 0 Å². The predicted octanol–water partition coefficient (Wildman–Crippen LogP) is 2.97. The molecule has 0 amide bonds. The lowest BCUT2D eigenvalue weighted by Gasteiger charge is -2.26. The zero-order valence-electron chi connectivity index (χ0n) is 10.1. The van der Waals surface area contributed by atoms with E-state index >= 15 is 0 Å². The molecular formula is C14H17NO2. The number of ether oxygens (including phenoxy) is 1. The van der Waals surface area contributed by atoms with Crippen molar-refractivity contribution < 1.29 is 9.57 Å². The summed E-state index contributed by atoms with van der Waals surface area (Å²) in [5, 5.41) is 4.24. The largest absolute Gasteiger partial charge is 0.497 e. The van der Waals surface area contributed by atoms with Gasteiger partial charge in [-0.3, -0.25) is 0 Å². The number of rotatable bonds is 2. The Morgan fingerprint density at radius 1 is 1.24 bits per heavy atom. The molecule has 0 aromatic heterocycles. The van der Waals surface area contributed by atoms with Crippen LogP contribution in [-0.2, 0) is 4.84 Å². The average molecular weight is 231 g/mol. The van der Waals surface area contributed by atoms with E-state index in [0.717, 1.165) is 12.4 Å². The minimum Gasteiger partial charge on any atom is -0.497 e. The van der Waals surface area contributed by atoms with E-state index in [-0.39, 0.29) is 0 Å². The van der Waals surface area contributed by atoms with Crippen molar-refractivity contribution in [2.24, 2.45) is 11.1 Å². The van der Waals surface area contributed by atoms with Crippen LogP contribution in [0.2, 0.25) is 0 Å². The van der Waals surface area contributed by atoms with Crippen LogP contribution in [0.1, 0.15) is 30.7 Å². The van der Waals surface area contributed by atoms with Gasteiger partial charge in [0.25, 0.3) is 0 Å². The van der Waals surface area contributed by atoms with Crippen LogP contribution < -0.4 is 4.74 Å². The SMILES string of the molecule is COc1ccc([C@@H]2CCC[C@H]3CON=C32)cc1. The van der Waals surface area contributed by atoms with Gasteiger partial charge in [0.05, 0.1) is 12.8 Å². The lowest BCUT2D eigenvalue weighted by atomic mass is 9.77. The molecule has 1 heterocycles. The fraction of sp³-hybridized carbons (Fsp3) is 0.500. The molecule has 1 aromatic carbocycles. The highest BCUT2D eigenvalue weighted by molar-refractivity contribution is 5.94. The first-order valence-electron chi connectivity index (χ1n) is 6.22. The highest BCUT2D eigenvalue weighted by Gasteiger charge is 2.34. The number of nitrogens with zero attached hydrogens (tertiary/aromatic N) is 1. The van der Waals surface area contributed by atoms with Crippen LogP contribution in [0.25, 0.3) is 0 Å². The predicted molar refractivity (Wildman–Crippen MR) is 66.5 cm³/mol. The monoisotopic (exact) mass is 231 g/mol. The number of fused-ring (bicyclic) bond motifs is 1. The quantitative estimate of drug-likeness (QED) is 0.783. The molecule has 1 aliphatic carbocycles. The van der Waals surface area contributed by atoms with Gasteiger partial charge in [-0.05, 0) is 30.5 Å². The summed E-state index contributed by atoms with van der Waals surface area (Å²) in [5.74, 6) is 1.91. The Bertz CT molecular complexity index is 424. The first-order valence-corrected chi connectivity index (χ1v) is 6.22. The molecule has 0 spiro atoms. The average Bonchev–Trinajstić information content (AvgIpc) is 2.87. The third kappa shape index (κ3) is 1.90. The fourth-order valence-electron chi connectivity index (χ4n) is 2.83. The van der Waals surface area contributed by atoms with E-state index < -0.39 is 0 Å². The second-order valence-electron chi connectivity index (χ2n) is 4.77. The molecule has 3 heteroatoms. The van der Waals surface area contributed by atoms with Crippen LogP contribution in [0.4, 0.5) is 0 Å². The van der Waals surface area contributed by atoms with E-state index in [1.165, 1.54) is 30.5 Å². The smallest absolute Gasteiger partial charge is 0.125 e. The van der Waals surface area contributed by atoms with Crippen molar-refractivity contribution in [1.29, 1.82) is 0 Å². The number of oxime groups is 1. The summed E-state index contributed by atoms with van der Waals surface area (Å²) < 4.78 is 5.19. The molecule has 90 valence electrons. The Balaban J connectivity index is 1.86. The van der Waals surface area contributed by atoms with E-state index in [4.69, 9.17) is 9.57 Å². The Hall–Kier alpha value is -1.51. The van der Waals surface area contributed by atoms with Crippen molar-refractivity contribution in [2.45, 2.75) is 25.2 Å². The molecule has 0 saturated heterocycles. The van der Waals surface area contributed by atoms with Gasteiger partial charge in [-0.15, -0.1) is 0 Å². The van der Waals surface area contributed by atoms with Gasteiger partial charge >= 0.3 is 0 Å². The maximum atomic E-state index is 5.25. The fourth-order valence-corrected chi connectivity index (χ4v) is 2.83. The number of hydrogen-bond donors (Lipinski definition) is 0. The van der Waals surface area contributed by atoms with E-state index in [1.807, 2.05) is 12.1 Å². The van der Waals surface area contributed by atoms with Crippen molar-refractivity contribution in [1.82, 2.24) is 0 Å². The van der Waals surface area contributed by atoms with E-state index in [1.54, 1.807) is 7.11 Å². The van der Waals surface area contributed by atoms with E-state index in [2.05, 4.69) is 17.3 Å². The van der Waals surface area contributed by atoms with Crippen LogP contribution >= 0.6 is 0 Å². The molecular weight excluding hydrogens is 214 g/mol. The summed E-state index contributed by atoms with van der Waals surface area (Å²) in [6.45, 7) is 0.780. The van der Waals surface area contributed by atoms with Gasteiger partial charge in [-0.25, -0.2) is 0 Å². The minimum absolute atomic E-state index is 0.446. The second kappa shape index (κ2) is 4.40. The maximum absolute atomic E-state index is 5.25. The Kier molecular flexibility index (Phi) is 2.75. The van der Waals surface area contributed by atoms with Crippen molar-refractivity contribution >= 4 is 5.71 Å². The topological polar surface area (TPSA) is 30.8 Å². The first-order chi connectivity index (χ1) is 8.38. The molecule has 0 N–H and O–H groups in total. The molecule has 0 unspecified atom stereocenters. The Morgan fingerprint density at radius 3 is 2.82 bits per heavy atom. The normalized spacial score (nSPS) is 27.0. The van der Waals surface area contributed by atoms with Gasteiger partial charge in [-0.2, -0.15) is 0 Å². The van der Waals surface area contributed by atoms with Gasteiger partial charge in [0.2, 0.25) is 0 Å². The van der Waals surface area contributed by atoms with Crippen LogP contribution in [0.15, 0.2) is 29.4 Å². The number of methoxy groups -OCH3 is 1. The van der Waals surface area contributed by atoms with Crippen LogP contribution in [0, 0.1) is 5.92 Å². The van der Waals surface area contributed by atoms with Gasteiger partial charge < -0.3 is 9.57 Å². The number of hydrogen-bond acceptors (Lipinski definition) is 3. The summed E-state index contributed by atoms with van der Waals surface area (Å²) in [4.78, 5) is 5.25. The van der Waals surface area contributed by atoms with Crippen LogP contribution in [-0.4, -0.2) is 19.4 Å². The Morgan fingerprint density at radius 2 is 2.06 bits per heavy atom. The summed E-state index contributed by atoms with van der Waals surface area (Å²) >= 11 is 0. The van der Waals surface area contributed by atoms with Gasteiger partial charge in [0, 0.05) is 11.8 Å². The number of benzene rings is 1. The van der Waals surface area contributed by atoms with Crippen molar-refractivity contribution in [3.05, 3.63) is 29.8 Å². The molecule has 1 aromatic rings. The molecule has 3 rings (SSSR count). The minimum atomic E-state index is 0.446. The molecule has 2 aliphatic rings. The lowest BCUT2D eigenvalue weighted by Crippen LogP contribution is -2.25. The van der Waals surface area contributed by atoms with Crippen molar-refractivity contribution in [3.63, 3.8) is 0 Å². The molecule has 0 radical (unpaired) electrons. The highest BCUT2D eigenvalue weighted by atomic mass is 16.6. The molecule has 1 aliphatic heterocycles. The maximum Gasteiger partial charge on any atom is 0.125 e. The van der Waals surface area contributed by atoms with Crippen molar-refractivity contribution in [3.8, 4) is 5.75 Å². The molecule has 3 nitrogen and oxygen atoms in total. The molecule has 2 atom stereocenters. The zero-order valence-corrected chi connectivity index (χ0v) is 10.1. The van der Waals surface area contributed by atoms with Crippen molar-refractivity contribution in [2.75, 3.05) is 13.7 Å². The van der Waals surface area contributed by atoms with E-state index in [0.29, 0.717) is 11.8 Å². The summed E-state index contributed by atoms with van der Waals surface area (Å²) in [6, 6.07) is 8.34. The van der Waals surface area contributed by atoms with E-state index in [9.17, 15) is 0 Å². The molecule has 1 fully saturated rings. The zero-order chi connectivity index (χ0) is 11.7. The first kappa shape index (κ1) is 10.6. The molecule has 17 heavy (non-hydrogen) atoms. The highest BCUT2D eigenvalue weighted by Crippen LogP contribution is 2.37.